The lowest BCUT2D eigenvalue weighted by molar-refractivity contribution is -0.686. The fourth-order valence-electron chi connectivity index (χ4n) is 3.70. The van der Waals surface area contributed by atoms with E-state index in [0.29, 0.717) is 41.2 Å². The number of carboxylic acid groups (broad SMARTS) is 2. The van der Waals surface area contributed by atoms with Crippen LogP contribution in [0.25, 0.3) is 0 Å². The Morgan fingerprint density at radius 3 is 2.35 bits per heavy atom. The number of carboxylic acids is 2. The molecule has 4 rings (SSSR count). The molecule has 1 aromatic carbocycles. The van der Waals surface area contributed by atoms with Crippen molar-refractivity contribution in [3.63, 3.8) is 0 Å². The van der Waals surface area contributed by atoms with E-state index in [1.54, 1.807) is 47.3 Å². The van der Waals surface area contributed by atoms with E-state index >= 15 is 0 Å². The average Bonchev–Trinajstić information content (AvgIpc) is 2.81. The molecule has 2 aliphatic rings. The Bertz CT molecular complexity index is 1220. The first-order valence-electron chi connectivity index (χ1n) is 10.4. The Labute approximate surface area is 199 Å². The predicted molar refractivity (Wildman–Crippen MR) is 125 cm³/mol. The molecule has 2 aromatic rings. The van der Waals surface area contributed by atoms with E-state index in [0.717, 1.165) is 6.26 Å². The maximum atomic E-state index is 12.4. The summed E-state index contributed by atoms with van der Waals surface area (Å²) in [6, 6.07) is 9.14. The summed E-state index contributed by atoms with van der Waals surface area (Å²) in [7, 11) is 0. The molecule has 1 fully saturated rings. The quantitative estimate of drug-likeness (QED) is 0.351. The Kier molecular flexibility index (Phi) is 6.69. The summed E-state index contributed by atoms with van der Waals surface area (Å²) in [6.45, 7) is 0.498. The molecule has 1 atom stereocenters. The zero-order chi connectivity index (χ0) is 24.2. The Morgan fingerprint density at radius 1 is 1.06 bits per heavy atom. The first-order valence-corrected chi connectivity index (χ1v) is 11.4. The third-order valence-corrected chi connectivity index (χ3v) is 6.73. The molecule has 0 radical (unpaired) electrons. The lowest BCUT2D eigenvalue weighted by Crippen LogP contribution is -2.47. The van der Waals surface area contributed by atoms with Crippen molar-refractivity contribution in [3.05, 3.63) is 95.3 Å². The van der Waals surface area contributed by atoms with Gasteiger partial charge in [-0.3, -0.25) is 4.79 Å². The number of benzene rings is 1. The molecule has 0 bridgehead atoms. The van der Waals surface area contributed by atoms with Crippen molar-refractivity contribution in [2.45, 2.75) is 18.3 Å². The summed E-state index contributed by atoms with van der Waals surface area (Å²) in [5.74, 6) is -1.84. The zero-order valence-electron chi connectivity index (χ0n) is 17.9. The number of aliphatic hydroxyl groups is 1. The standard InChI is InChI=1S/C24H21N3O6S/c28-13-19-12-20-27(19)21(24(32)33)17(14-34-20)2-1-9-26-10-7-18(8-11-26)25-22(29)15-3-5-16(6-4-15)23(30)31/h1-8,10-11,13,20H,9,12,14H2,(H3,28,30,31,32,33)/p+1/b2-1+,19-13-/t20-/m1/s1. The van der Waals surface area contributed by atoms with Crippen LogP contribution in [0.3, 0.4) is 0 Å². The molecule has 1 amide bonds. The van der Waals surface area contributed by atoms with Crippen molar-refractivity contribution in [1.29, 1.82) is 0 Å². The van der Waals surface area contributed by atoms with Crippen molar-refractivity contribution in [3.8, 4) is 0 Å². The molecule has 174 valence electrons. The highest BCUT2D eigenvalue weighted by molar-refractivity contribution is 8.00. The van der Waals surface area contributed by atoms with Gasteiger partial charge in [-0.05, 0) is 35.9 Å². The number of allylic oxidation sites excluding steroid dienone is 2. The average molecular weight is 481 g/mol. The van der Waals surface area contributed by atoms with Crippen LogP contribution in [0.15, 0.2) is 84.2 Å². The maximum absolute atomic E-state index is 12.4. The van der Waals surface area contributed by atoms with Gasteiger partial charge in [0.2, 0.25) is 0 Å². The number of thioether (sulfide) groups is 1. The largest absolute Gasteiger partial charge is 0.514 e. The minimum Gasteiger partial charge on any atom is -0.514 e. The number of nitrogens with zero attached hydrogens (tertiary/aromatic N) is 2. The van der Waals surface area contributed by atoms with E-state index in [1.165, 1.54) is 24.3 Å². The van der Waals surface area contributed by atoms with Gasteiger partial charge in [0, 0.05) is 29.9 Å². The monoisotopic (exact) mass is 480 g/mol. The topological polar surface area (TPSA) is 131 Å². The van der Waals surface area contributed by atoms with Gasteiger partial charge in [0.05, 0.1) is 28.6 Å². The molecule has 0 spiro atoms. The first kappa shape index (κ1) is 23.1. The summed E-state index contributed by atoms with van der Waals surface area (Å²) in [4.78, 5) is 36.7. The highest BCUT2D eigenvalue weighted by Gasteiger charge is 2.42. The van der Waals surface area contributed by atoms with Crippen LogP contribution < -0.4 is 9.88 Å². The van der Waals surface area contributed by atoms with Gasteiger partial charge in [-0.1, -0.05) is 6.08 Å². The number of hydrogen-bond acceptors (Lipinski definition) is 6. The van der Waals surface area contributed by atoms with Crippen LogP contribution in [-0.4, -0.2) is 49.2 Å². The number of carbonyl (C=O) groups is 3. The van der Waals surface area contributed by atoms with E-state index in [-0.39, 0.29) is 22.5 Å². The van der Waals surface area contributed by atoms with Crippen LogP contribution in [0.1, 0.15) is 27.1 Å². The second kappa shape index (κ2) is 9.84. The van der Waals surface area contributed by atoms with E-state index in [9.17, 15) is 24.6 Å². The highest BCUT2D eigenvalue weighted by atomic mass is 32.2. The number of amides is 1. The van der Waals surface area contributed by atoms with Gasteiger partial charge in [0.15, 0.2) is 18.9 Å². The molecular formula is C24H22N3O6S+. The van der Waals surface area contributed by atoms with E-state index in [1.807, 2.05) is 10.6 Å². The molecule has 34 heavy (non-hydrogen) atoms. The molecule has 9 nitrogen and oxygen atoms in total. The first-order chi connectivity index (χ1) is 16.4. The fourth-order valence-corrected chi connectivity index (χ4v) is 4.98. The number of anilines is 1. The number of aromatic carboxylic acids is 1. The number of fused-ring (bicyclic) bond motifs is 1. The second-order valence-corrected chi connectivity index (χ2v) is 8.83. The molecule has 1 saturated heterocycles. The van der Waals surface area contributed by atoms with Gasteiger partial charge >= 0.3 is 11.9 Å². The molecule has 10 heteroatoms. The molecule has 0 unspecified atom stereocenters. The van der Waals surface area contributed by atoms with Crippen molar-refractivity contribution in [1.82, 2.24) is 4.90 Å². The summed E-state index contributed by atoms with van der Waals surface area (Å²) in [5.41, 5.74) is 2.53. The van der Waals surface area contributed by atoms with Gasteiger partial charge in [-0.2, -0.15) is 0 Å². The number of rotatable bonds is 7. The van der Waals surface area contributed by atoms with Crippen LogP contribution in [0.4, 0.5) is 5.69 Å². The van der Waals surface area contributed by atoms with Crippen molar-refractivity contribution >= 4 is 35.3 Å². The Morgan fingerprint density at radius 2 is 1.74 bits per heavy atom. The summed E-state index contributed by atoms with van der Waals surface area (Å²) < 4.78 is 1.87. The van der Waals surface area contributed by atoms with Crippen LogP contribution in [-0.2, 0) is 11.3 Å². The summed E-state index contributed by atoms with van der Waals surface area (Å²) in [6.07, 6.45) is 8.85. The van der Waals surface area contributed by atoms with E-state index in [2.05, 4.69) is 5.32 Å². The maximum Gasteiger partial charge on any atom is 0.352 e. The number of aromatic nitrogens is 1. The molecule has 1 aromatic heterocycles. The van der Waals surface area contributed by atoms with Crippen LogP contribution in [0.5, 0.6) is 0 Å². The van der Waals surface area contributed by atoms with Crippen molar-refractivity contribution in [2.24, 2.45) is 0 Å². The number of aliphatic carboxylic acids is 1. The number of aliphatic hydroxyl groups excluding tert-OH is 1. The molecule has 0 aliphatic carbocycles. The fraction of sp³-hybridized carbons (Fsp3) is 0.167. The minimum atomic E-state index is -1.05. The summed E-state index contributed by atoms with van der Waals surface area (Å²) in [5, 5.41) is 30.7. The van der Waals surface area contributed by atoms with Crippen LogP contribution in [0, 0.1) is 0 Å². The van der Waals surface area contributed by atoms with E-state index < -0.39 is 11.9 Å². The molecule has 4 N–H and O–H groups in total. The SMILES string of the molecule is O=C(O)C1=C(/C=C/C[n+]2ccc(NC(=O)c3ccc(C(=O)O)cc3)cc2)CS[C@@H]2C/C(=C/O)N12. The summed E-state index contributed by atoms with van der Waals surface area (Å²) >= 11 is 1.64. The highest BCUT2D eigenvalue weighted by Crippen LogP contribution is 2.45. The number of hydrogen-bond donors (Lipinski definition) is 4. The van der Waals surface area contributed by atoms with Gasteiger partial charge in [0.25, 0.3) is 5.91 Å². The Hall–Kier alpha value is -4.05. The van der Waals surface area contributed by atoms with Gasteiger partial charge in [-0.15, -0.1) is 11.8 Å². The lowest BCUT2D eigenvalue weighted by Gasteiger charge is -2.47. The van der Waals surface area contributed by atoms with Gasteiger partial charge < -0.3 is 25.5 Å². The van der Waals surface area contributed by atoms with Crippen molar-refractivity contribution < 1.29 is 34.3 Å². The second-order valence-electron chi connectivity index (χ2n) is 7.66. The van der Waals surface area contributed by atoms with E-state index in [4.69, 9.17) is 5.11 Å². The van der Waals surface area contributed by atoms with Crippen LogP contribution >= 0.6 is 11.8 Å². The minimum absolute atomic E-state index is 0.0499. The van der Waals surface area contributed by atoms with Crippen LogP contribution in [0.2, 0.25) is 0 Å². The molecule has 0 saturated carbocycles. The van der Waals surface area contributed by atoms with Gasteiger partial charge in [-0.25, -0.2) is 14.2 Å². The number of nitrogens with one attached hydrogen (secondary N) is 1. The molecule has 3 heterocycles. The molecular weight excluding hydrogens is 458 g/mol. The predicted octanol–water partition coefficient (Wildman–Crippen LogP) is 3.00. The third-order valence-electron chi connectivity index (χ3n) is 5.49. The number of carbonyl (C=O) groups excluding carboxylic acids is 1. The Balaban J connectivity index is 1.38. The number of pyridine rings is 1. The lowest BCUT2D eigenvalue weighted by atomic mass is 10.0. The normalized spacial score (nSPS) is 18.5. The third kappa shape index (κ3) is 4.81. The zero-order valence-corrected chi connectivity index (χ0v) is 18.7. The van der Waals surface area contributed by atoms with Gasteiger partial charge in [0.1, 0.15) is 5.70 Å². The smallest absolute Gasteiger partial charge is 0.352 e. The van der Waals surface area contributed by atoms with Crippen molar-refractivity contribution in [2.75, 3.05) is 11.1 Å². The molecule has 2 aliphatic heterocycles.